The van der Waals surface area contributed by atoms with Crippen molar-refractivity contribution in [2.75, 3.05) is 18.9 Å². The van der Waals surface area contributed by atoms with Gasteiger partial charge in [0.05, 0.1) is 12.2 Å². The van der Waals surface area contributed by atoms with E-state index in [0.29, 0.717) is 12.3 Å². The summed E-state index contributed by atoms with van der Waals surface area (Å²) in [6.45, 7) is 0.289. The van der Waals surface area contributed by atoms with E-state index in [-0.39, 0.29) is 18.6 Å². The van der Waals surface area contributed by atoms with E-state index in [0.717, 1.165) is 0 Å². The highest BCUT2D eigenvalue weighted by Gasteiger charge is 2.44. The van der Waals surface area contributed by atoms with Gasteiger partial charge in [-0.15, -0.1) is 0 Å². The lowest BCUT2D eigenvalue weighted by Gasteiger charge is -2.23. The Morgan fingerprint density at radius 1 is 1.39 bits per heavy atom. The van der Waals surface area contributed by atoms with Crippen LogP contribution >= 0.6 is 0 Å². The second-order valence-electron chi connectivity index (χ2n) is 4.23. The molecule has 0 aromatic heterocycles. The molecule has 1 aliphatic rings. The van der Waals surface area contributed by atoms with Gasteiger partial charge in [-0.05, 0) is 12.1 Å². The fourth-order valence-corrected chi connectivity index (χ4v) is 1.87. The number of hydrogen-bond acceptors (Lipinski definition) is 4. The molecule has 6 nitrogen and oxygen atoms in total. The van der Waals surface area contributed by atoms with E-state index >= 15 is 0 Å². The van der Waals surface area contributed by atoms with E-state index < -0.39 is 17.4 Å². The summed E-state index contributed by atoms with van der Waals surface area (Å²) < 4.78 is 5.06. The molecule has 1 amide bonds. The summed E-state index contributed by atoms with van der Waals surface area (Å²) in [7, 11) is 0. The summed E-state index contributed by atoms with van der Waals surface area (Å²) in [6.07, 6.45) is 0.251. The van der Waals surface area contributed by atoms with Gasteiger partial charge in [-0.1, -0.05) is 12.1 Å². The van der Waals surface area contributed by atoms with Crippen molar-refractivity contribution in [3.8, 4) is 0 Å². The largest absolute Gasteiger partial charge is 0.479 e. The first kappa shape index (κ1) is 12.4. The Morgan fingerprint density at radius 2 is 2.11 bits per heavy atom. The highest BCUT2D eigenvalue weighted by Crippen LogP contribution is 2.20. The molecule has 18 heavy (non-hydrogen) atoms. The fraction of sp³-hybridized carbons (Fsp3) is 0.333. The maximum atomic E-state index is 12.0. The van der Waals surface area contributed by atoms with Crippen molar-refractivity contribution < 1.29 is 19.4 Å². The number of carboxylic acids is 1. The maximum Gasteiger partial charge on any atom is 0.331 e. The Balaban J connectivity index is 2.21. The zero-order valence-electron chi connectivity index (χ0n) is 9.68. The number of nitrogen functional groups attached to an aromatic ring is 1. The van der Waals surface area contributed by atoms with Crippen LogP contribution in [0.25, 0.3) is 0 Å². The minimum atomic E-state index is -1.35. The highest BCUT2D eigenvalue weighted by atomic mass is 16.5. The minimum Gasteiger partial charge on any atom is -0.479 e. The van der Waals surface area contributed by atoms with Crippen molar-refractivity contribution in [3.63, 3.8) is 0 Å². The van der Waals surface area contributed by atoms with E-state index in [1.54, 1.807) is 24.3 Å². The van der Waals surface area contributed by atoms with Crippen LogP contribution < -0.4 is 11.1 Å². The molecule has 1 saturated heterocycles. The summed E-state index contributed by atoms with van der Waals surface area (Å²) in [5.41, 5.74) is 4.91. The topological polar surface area (TPSA) is 102 Å². The van der Waals surface area contributed by atoms with Crippen molar-refractivity contribution in [1.82, 2.24) is 5.32 Å². The number of aliphatic carboxylic acids is 1. The third-order valence-corrected chi connectivity index (χ3v) is 2.99. The van der Waals surface area contributed by atoms with Gasteiger partial charge >= 0.3 is 5.97 Å². The molecule has 1 fully saturated rings. The predicted molar refractivity (Wildman–Crippen MR) is 64.1 cm³/mol. The lowest BCUT2D eigenvalue weighted by atomic mass is 9.98. The van der Waals surface area contributed by atoms with E-state index in [2.05, 4.69) is 5.32 Å². The number of anilines is 1. The SMILES string of the molecule is Nc1ccccc1C(=O)NC1(C(=O)O)CCOC1. The van der Waals surface area contributed by atoms with Gasteiger partial charge in [-0.2, -0.15) is 0 Å². The van der Waals surface area contributed by atoms with Crippen molar-refractivity contribution in [3.05, 3.63) is 29.8 Å². The number of ether oxygens (including phenoxy) is 1. The second-order valence-corrected chi connectivity index (χ2v) is 4.23. The lowest BCUT2D eigenvalue weighted by Crippen LogP contribution is -2.55. The number of amides is 1. The Morgan fingerprint density at radius 3 is 2.67 bits per heavy atom. The molecule has 6 heteroatoms. The first-order chi connectivity index (χ1) is 8.55. The summed E-state index contributed by atoms with van der Waals surface area (Å²) >= 11 is 0. The quantitative estimate of drug-likeness (QED) is 0.667. The van der Waals surface area contributed by atoms with Crippen LogP contribution in [0.4, 0.5) is 5.69 Å². The van der Waals surface area contributed by atoms with Crippen LogP contribution in [0.1, 0.15) is 16.8 Å². The maximum absolute atomic E-state index is 12.0. The molecule has 0 spiro atoms. The molecule has 96 valence electrons. The lowest BCUT2D eigenvalue weighted by molar-refractivity contribution is -0.144. The molecule has 0 saturated carbocycles. The number of carbonyl (C=O) groups is 2. The number of hydrogen-bond donors (Lipinski definition) is 3. The van der Waals surface area contributed by atoms with Crippen LogP contribution in [0, 0.1) is 0 Å². The van der Waals surface area contributed by atoms with Gasteiger partial charge in [0.2, 0.25) is 0 Å². The smallest absolute Gasteiger partial charge is 0.331 e. The Hall–Kier alpha value is -2.08. The molecule has 1 aliphatic heterocycles. The zero-order valence-corrected chi connectivity index (χ0v) is 9.68. The second kappa shape index (κ2) is 4.66. The molecule has 0 bridgehead atoms. The first-order valence-corrected chi connectivity index (χ1v) is 5.53. The molecule has 0 aliphatic carbocycles. The molecular formula is C12H14N2O4. The normalized spacial score (nSPS) is 22.7. The summed E-state index contributed by atoms with van der Waals surface area (Å²) in [5, 5.41) is 11.7. The molecule has 0 radical (unpaired) electrons. The van der Waals surface area contributed by atoms with Gasteiger partial charge in [0.15, 0.2) is 5.54 Å². The van der Waals surface area contributed by atoms with Gasteiger partial charge in [-0.25, -0.2) is 4.79 Å². The van der Waals surface area contributed by atoms with Crippen LogP contribution in [0.2, 0.25) is 0 Å². The van der Waals surface area contributed by atoms with Gasteiger partial charge in [0.25, 0.3) is 5.91 Å². The van der Waals surface area contributed by atoms with Crippen molar-refractivity contribution in [2.45, 2.75) is 12.0 Å². The Labute approximate surface area is 104 Å². The number of carboxylic acid groups (broad SMARTS) is 1. The predicted octanol–water partition coefficient (Wildman–Crippen LogP) is 0.242. The molecule has 4 N–H and O–H groups in total. The standard InChI is InChI=1S/C12H14N2O4/c13-9-4-2-1-3-8(9)10(15)14-12(11(16)17)5-6-18-7-12/h1-4H,5-7,13H2,(H,14,15)(H,16,17). The van der Waals surface area contributed by atoms with Crippen LogP contribution in [0.15, 0.2) is 24.3 Å². The molecule has 1 heterocycles. The summed E-state index contributed by atoms with van der Waals surface area (Å²) in [5.74, 6) is -1.59. The number of carbonyl (C=O) groups excluding carboxylic acids is 1. The molecular weight excluding hydrogens is 236 g/mol. The number of para-hydroxylation sites is 1. The van der Waals surface area contributed by atoms with E-state index in [1.165, 1.54) is 0 Å². The number of nitrogens with two attached hydrogens (primary N) is 1. The van der Waals surface area contributed by atoms with E-state index in [1.807, 2.05) is 0 Å². The van der Waals surface area contributed by atoms with Crippen molar-refractivity contribution in [2.24, 2.45) is 0 Å². The number of nitrogens with one attached hydrogen (secondary N) is 1. The minimum absolute atomic E-state index is 0.0270. The van der Waals surface area contributed by atoms with E-state index in [4.69, 9.17) is 10.5 Å². The van der Waals surface area contributed by atoms with Crippen molar-refractivity contribution >= 4 is 17.6 Å². The third kappa shape index (κ3) is 2.14. The summed E-state index contributed by atoms with van der Waals surface area (Å²) in [6, 6.07) is 6.52. The van der Waals surface area contributed by atoms with Crippen LogP contribution in [-0.2, 0) is 9.53 Å². The number of benzene rings is 1. The van der Waals surface area contributed by atoms with Gasteiger partial charge < -0.3 is 20.9 Å². The molecule has 1 aromatic rings. The highest BCUT2D eigenvalue weighted by molar-refractivity contribution is 6.01. The molecule has 2 rings (SSSR count). The van der Waals surface area contributed by atoms with Gasteiger partial charge in [-0.3, -0.25) is 4.79 Å². The van der Waals surface area contributed by atoms with Crippen LogP contribution in [0.5, 0.6) is 0 Å². The summed E-state index contributed by atoms with van der Waals surface area (Å²) in [4.78, 5) is 23.3. The Bertz CT molecular complexity index is 481. The zero-order chi connectivity index (χ0) is 13.2. The van der Waals surface area contributed by atoms with E-state index in [9.17, 15) is 14.7 Å². The third-order valence-electron chi connectivity index (χ3n) is 2.99. The van der Waals surface area contributed by atoms with Crippen LogP contribution in [0.3, 0.4) is 0 Å². The average Bonchev–Trinajstić information content (AvgIpc) is 2.79. The van der Waals surface area contributed by atoms with Crippen molar-refractivity contribution in [1.29, 1.82) is 0 Å². The fourth-order valence-electron chi connectivity index (χ4n) is 1.87. The van der Waals surface area contributed by atoms with Gasteiger partial charge in [0.1, 0.15) is 0 Å². The van der Waals surface area contributed by atoms with Gasteiger partial charge in [0, 0.05) is 18.7 Å². The monoisotopic (exact) mass is 250 g/mol. The number of rotatable bonds is 3. The molecule has 1 atom stereocenters. The molecule has 1 unspecified atom stereocenters. The Kier molecular flexibility index (Phi) is 3.20. The van der Waals surface area contributed by atoms with Crippen LogP contribution in [-0.4, -0.2) is 35.7 Å². The average molecular weight is 250 g/mol. The molecule has 1 aromatic carbocycles. The first-order valence-electron chi connectivity index (χ1n) is 5.53.